The van der Waals surface area contributed by atoms with Crippen molar-refractivity contribution in [3.63, 3.8) is 0 Å². The maximum absolute atomic E-state index is 12.6. The first kappa shape index (κ1) is 18.7. The summed E-state index contributed by atoms with van der Waals surface area (Å²) in [4.78, 5) is 18.9. The minimum absolute atomic E-state index is 0.0360. The predicted octanol–water partition coefficient (Wildman–Crippen LogP) is 3.63. The molecule has 0 saturated carbocycles. The minimum Gasteiger partial charge on any atom is -0.486 e. The van der Waals surface area contributed by atoms with E-state index in [1.165, 1.54) is 0 Å². The molecule has 0 aliphatic carbocycles. The van der Waals surface area contributed by atoms with Crippen LogP contribution in [-0.2, 0) is 22.7 Å². The summed E-state index contributed by atoms with van der Waals surface area (Å²) in [7, 11) is 0. The average molecular weight is 398 g/mol. The highest BCUT2D eigenvalue weighted by molar-refractivity contribution is 7.18. The molecule has 2 heterocycles. The zero-order chi connectivity index (χ0) is 19.3. The molecule has 6 nitrogen and oxygen atoms in total. The number of carbonyl (C=O) groups excluding carboxylic acids is 1. The Hall–Kier alpha value is -2.64. The number of para-hydroxylation sites is 1. The van der Waals surface area contributed by atoms with Crippen LogP contribution in [0, 0.1) is 0 Å². The first-order chi connectivity index (χ1) is 13.7. The average Bonchev–Trinajstić information content (AvgIpc) is 3.14. The van der Waals surface area contributed by atoms with E-state index in [2.05, 4.69) is 4.98 Å². The molecule has 0 atom stereocenters. The lowest BCUT2D eigenvalue weighted by Crippen LogP contribution is -2.33. The van der Waals surface area contributed by atoms with Gasteiger partial charge in [-0.25, -0.2) is 4.98 Å². The number of likely N-dealkylation sites (N-methyl/N-ethyl adjacent to an activating group) is 1. The summed E-state index contributed by atoms with van der Waals surface area (Å²) < 4.78 is 17.9. The van der Waals surface area contributed by atoms with Crippen molar-refractivity contribution in [3.8, 4) is 11.5 Å². The molecule has 0 saturated heterocycles. The van der Waals surface area contributed by atoms with Crippen molar-refractivity contribution in [2.24, 2.45) is 0 Å². The SMILES string of the molecule is CCN(Cc1ccc2c(c1)OCCO2)C(=O)COCc1nc2ccccc2s1. The van der Waals surface area contributed by atoms with Crippen LogP contribution in [0.4, 0.5) is 0 Å². The second-order valence-corrected chi connectivity index (χ2v) is 7.57. The molecule has 2 aromatic carbocycles. The second-order valence-electron chi connectivity index (χ2n) is 6.45. The Morgan fingerprint density at radius 1 is 1.18 bits per heavy atom. The Balaban J connectivity index is 1.32. The first-order valence-corrected chi connectivity index (χ1v) is 10.1. The Morgan fingerprint density at radius 2 is 2.00 bits per heavy atom. The molecule has 1 aliphatic rings. The quantitative estimate of drug-likeness (QED) is 0.608. The molecule has 0 bridgehead atoms. The number of hydrogen-bond acceptors (Lipinski definition) is 6. The van der Waals surface area contributed by atoms with Crippen LogP contribution >= 0.6 is 11.3 Å². The Morgan fingerprint density at radius 3 is 2.82 bits per heavy atom. The van der Waals surface area contributed by atoms with Gasteiger partial charge in [0.1, 0.15) is 24.8 Å². The molecule has 3 aromatic rings. The highest BCUT2D eigenvalue weighted by Gasteiger charge is 2.16. The van der Waals surface area contributed by atoms with E-state index in [9.17, 15) is 4.79 Å². The highest BCUT2D eigenvalue weighted by Crippen LogP contribution is 2.31. The van der Waals surface area contributed by atoms with Gasteiger partial charge >= 0.3 is 0 Å². The minimum atomic E-state index is -0.0431. The molecule has 1 amide bonds. The number of thiazole rings is 1. The number of benzene rings is 2. The molecule has 0 N–H and O–H groups in total. The lowest BCUT2D eigenvalue weighted by molar-refractivity contribution is -0.137. The molecule has 146 valence electrons. The van der Waals surface area contributed by atoms with E-state index in [4.69, 9.17) is 14.2 Å². The second kappa shape index (κ2) is 8.58. The molecule has 0 spiro atoms. The summed E-state index contributed by atoms with van der Waals surface area (Å²) in [6.07, 6.45) is 0. The number of rotatable bonds is 7. The lowest BCUT2D eigenvalue weighted by Gasteiger charge is -2.23. The number of ether oxygens (including phenoxy) is 3. The van der Waals surface area contributed by atoms with Crippen molar-refractivity contribution in [1.82, 2.24) is 9.88 Å². The normalized spacial score (nSPS) is 12.9. The molecule has 28 heavy (non-hydrogen) atoms. The van der Waals surface area contributed by atoms with E-state index in [1.54, 1.807) is 16.2 Å². The van der Waals surface area contributed by atoms with Crippen LogP contribution in [-0.4, -0.2) is 42.2 Å². The molecule has 1 aromatic heterocycles. The van der Waals surface area contributed by atoms with Crippen molar-refractivity contribution < 1.29 is 19.0 Å². The third-order valence-corrected chi connectivity index (χ3v) is 5.51. The summed E-state index contributed by atoms with van der Waals surface area (Å²) >= 11 is 1.59. The van der Waals surface area contributed by atoms with Gasteiger partial charge in [0.25, 0.3) is 0 Å². The van der Waals surface area contributed by atoms with Crippen molar-refractivity contribution in [2.45, 2.75) is 20.1 Å². The molecule has 1 aliphatic heterocycles. The Kier molecular flexibility index (Phi) is 5.73. The van der Waals surface area contributed by atoms with Gasteiger partial charge < -0.3 is 19.1 Å². The van der Waals surface area contributed by atoms with Gasteiger partial charge in [0.05, 0.1) is 16.8 Å². The molecule has 0 unspecified atom stereocenters. The van der Waals surface area contributed by atoms with Crippen LogP contribution in [0.2, 0.25) is 0 Å². The van der Waals surface area contributed by atoms with Crippen molar-refractivity contribution in [2.75, 3.05) is 26.4 Å². The summed E-state index contributed by atoms with van der Waals surface area (Å²) in [6, 6.07) is 13.8. The van der Waals surface area contributed by atoms with Gasteiger partial charge in [0.15, 0.2) is 11.5 Å². The van der Waals surface area contributed by atoms with Crippen LogP contribution in [0.25, 0.3) is 10.2 Å². The fraction of sp³-hybridized carbons (Fsp3) is 0.333. The third-order valence-electron chi connectivity index (χ3n) is 4.50. The topological polar surface area (TPSA) is 60.9 Å². The molecule has 4 rings (SSSR count). The van der Waals surface area contributed by atoms with Gasteiger partial charge in [-0.15, -0.1) is 11.3 Å². The lowest BCUT2D eigenvalue weighted by atomic mass is 10.2. The van der Waals surface area contributed by atoms with Gasteiger partial charge in [0.2, 0.25) is 5.91 Å². The van der Waals surface area contributed by atoms with E-state index in [-0.39, 0.29) is 12.5 Å². The van der Waals surface area contributed by atoms with E-state index in [1.807, 2.05) is 49.4 Å². The number of fused-ring (bicyclic) bond motifs is 2. The summed E-state index contributed by atoms with van der Waals surface area (Å²) in [6.45, 7) is 4.57. The van der Waals surface area contributed by atoms with Gasteiger partial charge in [-0.05, 0) is 36.8 Å². The molecule has 0 fully saturated rings. The molecule has 7 heteroatoms. The zero-order valence-corrected chi connectivity index (χ0v) is 16.5. The largest absolute Gasteiger partial charge is 0.486 e. The number of aromatic nitrogens is 1. The smallest absolute Gasteiger partial charge is 0.248 e. The monoisotopic (exact) mass is 398 g/mol. The van der Waals surface area contributed by atoms with E-state index >= 15 is 0 Å². The van der Waals surface area contributed by atoms with Crippen molar-refractivity contribution in [3.05, 3.63) is 53.0 Å². The predicted molar refractivity (Wildman–Crippen MR) is 108 cm³/mol. The zero-order valence-electron chi connectivity index (χ0n) is 15.7. The van der Waals surface area contributed by atoms with Crippen LogP contribution in [0.3, 0.4) is 0 Å². The Labute approximate surface area is 167 Å². The van der Waals surface area contributed by atoms with E-state index in [0.29, 0.717) is 32.9 Å². The van der Waals surface area contributed by atoms with Gasteiger partial charge in [-0.3, -0.25) is 4.79 Å². The van der Waals surface area contributed by atoms with Crippen LogP contribution < -0.4 is 9.47 Å². The van der Waals surface area contributed by atoms with E-state index in [0.717, 1.165) is 32.3 Å². The maximum Gasteiger partial charge on any atom is 0.248 e. The summed E-state index contributed by atoms with van der Waals surface area (Å²) in [5.74, 6) is 1.45. The highest BCUT2D eigenvalue weighted by atomic mass is 32.1. The van der Waals surface area contributed by atoms with Gasteiger partial charge in [0, 0.05) is 13.1 Å². The standard InChI is InChI=1S/C21H22N2O4S/c1-2-23(12-15-7-8-17-18(11-15)27-10-9-26-17)21(24)14-25-13-20-22-16-5-3-4-6-19(16)28-20/h3-8,11H,2,9-10,12-14H2,1H3. The Bertz CT molecular complexity index is 939. The van der Waals surface area contributed by atoms with Crippen LogP contribution in [0.15, 0.2) is 42.5 Å². The van der Waals surface area contributed by atoms with Crippen LogP contribution in [0.1, 0.15) is 17.5 Å². The van der Waals surface area contributed by atoms with Gasteiger partial charge in [-0.2, -0.15) is 0 Å². The van der Waals surface area contributed by atoms with Gasteiger partial charge in [-0.1, -0.05) is 18.2 Å². The van der Waals surface area contributed by atoms with Crippen LogP contribution in [0.5, 0.6) is 11.5 Å². The molecular formula is C21H22N2O4S. The van der Waals surface area contributed by atoms with Crippen molar-refractivity contribution in [1.29, 1.82) is 0 Å². The van der Waals surface area contributed by atoms with E-state index < -0.39 is 0 Å². The fourth-order valence-corrected chi connectivity index (χ4v) is 3.99. The molecule has 0 radical (unpaired) electrons. The number of carbonyl (C=O) groups is 1. The van der Waals surface area contributed by atoms with Crippen molar-refractivity contribution >= 4 is 27.5 Å². The number of hydrogen-bond donors (Lipinski definition) is 0. The number of amides is 1. The first-order valence-electron chi connectivity index (χ1n) is 9.31. The fourth-order valence-electron chi connectivity index (χ4n) is 3.08. The molecular weight excluding hydrogens is 376 g/mol. The summed E-state index contributed by atoms with van der Waals surface area (Å²) in [5, 5.41) is 0.879. The maximum atomic E-state index is 12.6. The number of nitrogens with zero attached hydrogens (tertiary/aromatic N) is 2. The summed E-state index contributed by atoms with van der Waals surface area (Å²) in [5.41, 5.74) is 1.97. The third kappa shape index (κ3) is 4.26.